The first kappa shape index (κ1) is 15.5. The van der Waals surface area contributed by atoms with Crippen LogP contribution in [0.4, 0.5) is 13.2 Å². The van der Waals surface area contributed by atoms with Gasteiger partial charge in [-0.2, -0.15) is 18.2 Å². The fourth-order valence-corrected chi connectivity index (χ4v) is 2.89. The van der Waals surface area contributed by atoms with Gasteiger partial charge in [0.05, 0.1) is 10.4 Å². The van der Waals surface area contributed by atoms with Crippen molar-refractivity contribution in [1.29, 1.82) is 0 Å². The van der Waals surface area contributed by atoms with Gasteiger partial charge in [0.2, 0.25) is 12.1 Å². The quantitative estimate of drug-likeness (QED) is 0.829. The van der Waals surface area contributed by atoms with Gasteiger partial charge in [-0.15, -0.1) is 16.4 Å². The maximum absolute atomic E-state index is 13.2. The highest BCUT2D eigenvalue weighted by atomic mass is 32.1. The molecule has 1 aliphatic rings. The van der Waals surface area contributed by atoms with Crippen LogP contribution in [-0.2, 0) is 15.7 Å². The third-order valence-corrected chi connectivity index (χ3v) is 4.09. The van der Waals surface area contributed by atoms with Crippen molar-refractivity contribution >= 4 is 23.1 Å². The Morgan fingerprint density at radius 2 is 2.00 bits per heavy atom. The van der Waals surface area contributed by atoms with Gasteiger partial charge in [0.1, 0.15) is 0 Å². The van der Waals surface area contributed by atoms with E-state index in [1.807, 2.05) is 0 Å². The molecule has 0 spiro atoms. The Kier molecular flexibility index (Phi) is 3.85. The summed E-state index contributed by atoms with van der Waals surface area (Å²) in [6.07, 6.45) is -5.78. The van der Waals surface area contributed by atoms with Gasteiger partial charge in [-0.1, -0.05) is 24.3 Å². The monoisotopic (exact) mass is 340 g/mol. The summed E-state index contributed by atoms with van der Waals surface area (Å²) in [7, 11) is 0. The van der Waals surface area contributed by atoms with Crippen molar-refractivity contribution in [1.82, 2.24) is 5.01 Å². The van der Waals surface area contributed by atoms with E-state index in [0.717, 1.165) is 11.1 Å². The van der Waals surface area contributed by atoms with E-state index < -0.39 is 23.9 Å². The minimum Gasteiger partial charge on any atom is -0.445 e. The van der Waals surface area contributed by atoms with Crippen LogP contribution in [0.15, 0.2) is 46.9 Å². The molecular formula is C15H11F3N2O2S. The number of carbonyl (C=O) groups excluding carboxylic acids is 1. The maximum Gasteiger partial charge on any atom is 0.416 e. The lowest BCUT2D eigenvalue weighted by Crippen LogP contribution is -2.27. The summed E-state index contributed by atoms with van der Waals surface area (Å²) in [4.78, 5) is 12.4. The van der Waals surface area contributed by atoms with Gasteiger partial charge >= 0.3 is 6.18 Å². The predicted octanol–water partition coefficient (Wildman–Crippen LogP) is 4.01. The summed E-state index contributed by atoms with van der Waals surface area (Å²) < 4.78 is 45.2. The molecule has 0 saturated carbocycles. The van der Waals surface area contributed by atoms with Crippen LogP contribution in [0.5, 0.6) is 0 Å². The maximum atomic E-state index is 13.2. The molecule has 1 aromatic heterocycles. The number of hydrogen-bond donors (Lipinski definition) is 0. The fourth-order valence-electron chi connectivity index (χ4n) is 2.24. The number of benzene rings is 1. The molecule has 2 heterocycles. The number of thiophene rings is 1. The Hall–Kier alpha value is -2.35. The highest BCUT2D eigenvalue weighted by molar-refractivity contribution is 7.12. The molecule has 3 rings (SSSR count). The van der Waals surface area contributed by atoms with Crippen molar-refractivity contribution in [2.75, 3.05) is 0 Å². The topological polar surface area (TPSA) is 41.9 Å². The molecule has 120 valence electrons. The van der Waals surface area contributed by atoms with Crippen LogP contribution in [0.2, 0.25) is 0 Å². The summed E-state index contributed by atoms with van der Waals surface area (Å²) in [5.41, 5.74) is -0.996. The molecule has 0 aliphatic carbocycles. The summed E-state index contributed by atoms with van der Waals surface area (Å²) in [6.45, 7) is 1.23. The first-order chi connectivity index (χ1) is 10.9. The standard InChI is InChI=1S/C15H11F3N2O2S/c1-9(21)20-14(22-13(19-20)12-7-4-8-23-12)10-5-2-3-6-11(10)15(16,17)18/h2-8,14H,1H3. The van der Waals surface area contributed by atoms with Crippen LogP contribution < -0.4 is 0 Å². The van der Waals surface area contributed by atoms with Gasteiger partial charge in [0.25, 0.3) is 5.90 Å². The van der Waals surface area contributed by atoms with Crippen LogP contribution >= 0.6 is 11.3 Å². The average Bonchev–Trinajstić information content (AvgIpc) is 3.15. The van der Waals surface area contributed by atoms with Crippen LogP contribution in [0, 0.1) is 0 Å². The Labute approximate surface area is 133 Å². The van der Waals surface area contributed by atoms with Crippen molar-refractivity contribution in [3.8, 4) is 0 Å². The second kappa shape index (κ2) is 5.69. The molecule has 0 fully saturated rings. The molecule has 0 N–H and O–H groups in total. The minimum atomic E-state index is -4.55. The van der Waals surface area contributed by atoms with Crippen molar-refractivity contribution in [3.63, 3.8) is 0 Å². The molecule has 0 bridgehead atoms. The predicted molar refractivity (Wildman–Crippen MR) is 78.6 cm³/mol. The largest absolute Gasteiger partial charge is 0.445 e. The Morgan fingerprint density at radius 1 is 1.26 bits per heavy atom. The molecule has 1 aromatic carbocycles. The normalized spacial score (nSPS) is 17.8. The van der Waals surface area contributed by atoms with E-state index >= 15 is 0 Å². The van der Waals surface area contributed by atoms with Gasteiger partial charge in [-0.3, -0.25) is 4.79 Å². The van der Waals surface area contributed by atoms with Gasteiger partial charge in [-0.25, -0.2) is 0 Å². The summed E-state index contributed by atoms with van der Waals surface area (Å²) in [6, 6.07) is 8.49. The van der Waals surface area contributed by atoms with E-state index in [1.165, 1.54) is 36.5 Å². The average molecular weight is 340 g/mol. The zero-order valence-corrected chi connectivity index (χ0v) is 12.7. The van der Waals surface area contributed by atoms with Crippen LogP contribution in [-0.4, -0.2) is 16.8 Å². The van der Waals surface area contributed by atoms with Crippen molar-refractivity contribution < 1.29 is 22.7 Å². The number of rotatable bonds is 2. The van der Waals surface area contributed by atoms with Crippen molar-refractivity contribution in [2.45, 2.75) is 19.3 Å². The number of carbonyl (C=O) groups is 1. The Bertz CT molecular complexity index is 756. The lowest BCUT2D eigenvalue weighted by molar-refractivity contribution is -0.143. The molecule has 2 aromatic rings. The van der Waals surface area contributed by atoms with Crippen molar-refractivity contribution in [2.24, 2.45) is 5.10 Å². The Morgan fingerprint density at radius 3 is 2.61 bits per heavy atom. The molecule has 1 unspecified atom stereocenters. The van der Waals surface area contributed by atoms with Gasteiger partial charge in [0.15, 0.2) is 0 Å². The number of hydrazone groups is 1. The molecule has 0 radical (unpaired) electrons. The molecule has 8 heteroatoms. The van der Waals surface area contributed by atoms with E-state index in [4.69, 9.17) is 4.74 Å². The zero-order valence-electron chi connectivity index (χ0n) is 11.9. The second-order valence-electron chi connectivity index (χ2n) is 4.80. The van der Waals surface area contributed by atoms with E-state index in [1.54, 1.807) is 17.5 Å². The number of halogens is 3. The molecule has 0 saturated heterocycles. The summed E-state index contributed by atoms with van der Waals surface area (Å²) in [5.74, 6) is -0.365. The third-order valence-electron chi connectivity index (χ3n) is 3.23. The minimum absolute atomic E-state index is 0.136. The summed E-state index contributed by atoms with van der Waals surface area (Å²) in [5, 5.41) is 6.75. The molecule has 4 nitrogen and oxygen atoms in total. The number of ether oxygens (including phenoxy) is 1. The number of alkyl halides is 3. The van der Waals surface area contributed by atoms with Crippen LogP contribution in [0.3, 0.4) is 0 Å². The lowest BCUT2D eigenvalue weighted by atomic mass is 10.1. The first-order valence-electron chi connectivity index (χ1n) is 6.63. The third kappa shape index (κ3) is 2.94. The first-order valence-corrected chi connectivity index (χ1v) is 7.51. The van der Waals surface area contributed by atoms with Crippen molar-refractivity contribution in [3.05, 3.63) is 57.8 Å². The highest BCUT2D eigenvalue weighted by Crippen LogP contribution is 2.39. The molecule has 1 atom stereocenters. The van der Waals surface area contributed by atoms with E-state index in [2.05, 4.69) is 5.10 Å². The van der Waals surface area contributed by atoms with E-state index in [-0.39, 0.29) is 11.5 Å². The molecule has 23 heavy (non-hydrogen) atoms. The molecule has 1 amide bonds. The molecule has 1 aliphatic heterocycles. The number of nitrogens with zero attached hydrogens (tertiary/aromatic N) is 2. The highest BCUT2D eigenvalue weighted by Gasteiger charge is 2.41. The van der Waals surface area contributed by atoms with Crippen LogP contribution in [0.1, 0.15) is 29.2 Å². The lowest BCUT2D eigenvalue weighted by Gasteiger charge is -2.22. The van der Waals surface area contributed by atoms with E-state index in [0.29, 0.717) is 4.88 Å². The van der Waals surface area contributed by atoms with Gasteiger partial charge in [0, 0.05) is 12.5 Å². The summed E-state index contributed by atoms with van der Waals surface area (Å²) >= 11 is 1.32. The van der Waals surface area contributed by atoms with Crippen LogP contribution in [0.25, 0.3) is 0 Å². The van der Waals surface area contributed by atoms with Gasteiger partial charge < -0.3 is 4.74 Å². The smallest absolute Gasteiger partial charge is 0.416 e. The van der Waals surface area contributed by atoms with E-state index in [9.17, 15) is 18.0 Å². The van der Waals surface area contributed by atoms with Gasteiger partial charge in [-0.05, 0) is 17.5 Å². The fraction of sp³-hybridized carbons (Fsp3) is 0.200. The zero-order chi connectivity index (χ0) is 16.6. The Balaban J connectivity index is 2.02. The SMILES string of the molecule is CC(=O)N1N=C(c2cccs2)OC1c1ccccc1C(F)(F)F. The number of hydrogen-bond acceptors (Lipinski definition) is 4. The number of amides is 1. The molecular weight excluding hydrogens is 329 g/mol. The second-order valence-corrected chi connectivity index (χ2v) is 5.75.